The fourth-order valence-corrected chi connectivity index (χ4v) is 7.21. The first-order chi connectivity index (χ1) is 22.1. The lowest BCUT2D eigenvalue weighted by molar-refractivity contribution is -0.176. The van der Waals surface area contributed by atoms with Gasteiger partial charge in [-0.2, -0.15) is 0 Å². The van der Waals surface area contributed by atoms with Gasteiger partial charge in [0.1, 0.15) is 11.4 Å². The minimum absolute atomic E-state index is 0.119. The molecule has 0 saturated carbocycles. The number of aliphatic hydroxyl groups is 1. The number of unbranched alkanes of at least 4 members (excludes halogenated alkanes) is 1. The van der Waals surface area contributed by atoms with Gasteiger partial charge in [0.05, 0.1) is 31.2 Å². The SMILES string of the molecule is CCCCOC(=O)[C@H](C)OC(=O)C[C@H](OC(=O)OC(C)(C)C)C(=O)OC1=CC[C@@]2(O)[C@H]3Cc4ccc(OC)c5c4[C@@]2(CCN3C)[C@H]1O5. The minimum atomic E-state index is -1.79. The van der Waals surface area contributed by atoms with Gasteiger partial charge in [0.15, 0.2) is 23.7 Å². The highest BCUT2D eigenvalue weighted by atomic mass is 16.7. The molecule has 0 radical (unpaired) electrons. The second-order valence-electron chi connectivity index (χ2n) is 13.6. The molecule has 2 aliphatic carbocycles. The van der Waals surface area contributed by atoms with Gasteiger partial charge in [-0.05, 0) is 78.3 Å². The molecule has 1 fully saturated rings. The van der Waals surface area contributed by atoms with E-state index in [2.05, 4.69) is 4.90 Å². The summed E-state index contributed by atoms with van der Waals surface area (Å²) in [5, 5.41) is 12.4. The zero-order valence-corrected chi connectivity index (χ0v) is 28.1. The average molecular weight is 660 g/mol. The van der Waals surface area contributed by atoms with Gasteiger partial charge in [-0.1, -0.05) is 19.4 Å². The Balaban J connectivity index is 1.40. The molecule has 2 aliphatic heterocycles. The van der Waals surface area contributed by atoms with Crippen LogP contribution in [0.1, 0.15) is 77.8 Å². The van der Waals surface area contributed by atoms with E-state index < -0.39 is 65.4 Å². The molecule has 5 rings (SSSR count). The van der Waals surface area contributed by atoms with E-state index >= 15 is 0 Å². The van der Waals surface area contributed by atoms with Crippen LogP contribution in [-0.4, -0.2) is 96.9 Å². The molecule has 1 spiro atoms. The van der Waals surface area contributed by atoms with Crippen molar-refractivity contribution >= 4 is 24.1 Å². The van der Waals surface area contributed by atoms with E-state index in [0.717, 1.165) is 17.5 Å². The van der Waals surface area contributed by atoms with Crippen molar-refractivity contribution in [1.82, 2.24) is 4.90 Å². The van der Waals surface area contributed by atoms with Crippen LogP contribution < -0.4 is 9.47 Å². The van der Waals surface area contributed by atoms with Crippen LogP contribution in [0.3, 0.4) is 0 Å². The van der Waals surface area contributed by atoms with E-state index in [1.54, 1.807) is 26.8 Å². The molecule has 1 saturated heterocycles. The van der Waals surface area contributed by atoms with Crippen LogP contribution >= 0.6 is 0 Å². The number of carbonyl (C=O) groups excluding carboxylic acids is 4. The van der Waals surface area contributed by atoms with Crippen LogP contribution in [0.2, 0.25) is 0 Å². The second kappa shape index (κ2) is 13.0. The standard InChI is InChI=1S/C34H45NO12/c1-8-9-16-42-29(37)19(2)43-25(36)18-23(45-31(39)47-32(3,4)5)30(38)44-22-12-13-34(40)24-17-20-10-11-21(41-7)27-26(20)33(34,28(22)46-27)14-15-35(24)6/h10-12,19,23-24,28,40H,8-9,13-18H2,1-7H3/t19-,23-,24+,28-,33-,34+/m0/s1. The maximum atomic E-state index is 13.7. The topological polar surface area (TPSA) is 156 Å². The van der Waals surface area contributed by atoms with Crippen molar-refractivity contribution in [3.8, 4) is 11.5 Å². The number of piperidine rings is 1. The van der Waals surface area contributed by atoms with Gasteiger partial charge in [-0.3, -0.25) is 4.79 Å². The normalized spacial score (nSPS) is 26.9. The van der Waals surface area contributed by atoms with Gasteiger partial charge in [-0.15, -0.1) is 0 Å². The average Bonchev–Trinajstić information content (AvgIpc) is 3.35. The molecule has 0 aromatic heterocycles. The third-order valence-corrected chi connectivity index (χ3v) is 9.40. The number of methoxy groups -OCH3 is 1. The lowest BCUT2D eigenvalue weighted by Crippen LogP contribution is -2.74. The predicted octanol–water partition coefficient (Wildman–Crippen LogP) is 3.50. The Morgan fingerprint density at radius 1 is 1.15 bits per heavy atom. The van der Waals surface area contributed by atoms with Crippen molar-refractivity contribution in [1.29, 1.82) is 0 Å². The molecule has 258 valence electrons. The number of likely N-dealkylation sites (N-methyl/N-ethyl adjacent to an activating group) is 1. The number of hydrogen-bond acceptors (Lipinski definition) is 13. The number of likely N-dealkylation sites (tertiary alicyclic amines) is 1. The zero-order valence-electron chi connectivity index (χ0n) is 28.1. The predicted molar refractivity (Wildman–Crippen MR) is 165 cm³/mol. The van der Waals surface area contributed by atoms with Crippen molar-refractivity contribution in [3.05, 3.63) is 35.1 Å². The van der Waals surface area contributed by atoms with E-state index in [4.69, 9.17) is 33.2 Å². The molecule has 6 atom stereocenters. The molecule has 0 amide bonds. The number of hydrogen-bond donors (Lipinski definition) is 1. The second-order valence-corrected chi connectivity index (χ2v) is 13.6. The first kappa shape index (κ1) is 34.5. The molecule has 13 nitrogen and oxygen atoms in total. The Kier molecular flexibility index (Phi) is 9.53. The van der Waals surface area contributed by atoms with Gasteiger partial charge in [0.25, 0.3) is 0 Å². The maximum Gasteiger partial charge on any atom is 0.509 e. The van der Waals surface area contributed by atoms with Crippen molar-refractivity contribution in [2.24, 2.45) is 0 Å². The van der Waals surface area contributed by atoms with Crippen molar-refractivity contribution < 1.29 is 57.4 Å². The lowest BCUT2D eigenvalue weighted by atomic mass is 9.50. The highest BCUT2D eigenvalue weighted by molar-refractivity contribution is 5.86. The van der Waals surface area contributed by atoms with Crippen LogP contribution in [-0.2, 0) is 49.9 Å². The van der Waals surface area contributed by atoms with Crippen molar-refractivity contribution in [2.45, 2.75) is 114 Å². The van der Waals surface area contributed by atoms with Gasteiger partial charge in [0, 0.05) is 18.0 Å². The fraction of sp³-hybridized carbons (Fsp3) is 0.647. The van der Waals surface area contributed by atoms with E-state index in [0.29, 0.717) is 37.3 Å². The Labute approximate surface area is 274 Å². The van der Waals surface area contributed by atoms with Crippen LogP contribution in [0.15, 0.2) is 24.0 Å². The summed E-state index contributed by atoms with van der Waals surface area (Å²) in [7, 11) is 3.52. The van der Waals surface area contributed by atoms with Crippen LogP contribution in [0, 0.1) is 0 Å². The number of ether oxygens (including phenoxy) is 7. The summed E-state index contributed by atoms with van der Waals surface area (Å²) < 4.78 is 38.9. The van der Waals surface area contributed by atoms with Crippen LogP contribution in [0.5, 0.6) is 11.5 Å². The fourth-order valence-electron chi connectivity index (χ4n) is 7.21. The van der Waals surface area contributed by atoms with Gasteiger partial charge in [0.2, 0.25) is 6.10 Å². The Morgan fingerprint density at radius 3 is 2.57 bits per heavy atom. The first-order valence-corrected chi connectivity index (χ1v) is 16.1. The monoisotopic (exact) mass is 659 g/mol. The summed E-state index contributed by atoms with van der Waals surface area (Å²) in [6.45, 7) is 8.98. The summed E-state index contributed by atoms with van der Waals surface area (Å²) in [6, 6.07) is 3.60. The van der Waals surface area contributed by atoms with Crippen molar-refractivity contribution in [2.75, 3.05) is 27.3 Å². The van der Waals surface area contributed by atoms with Crippen LogP contribution in [0.25, 0.3) is 0 Å². The molecule has 2 heterocycles. The summed E-state index contributed by atoms with van der Waals surface area (Å²) in [5.41, 5.74) is -1.26. The number of esters is 3. The number of benzene rings is 1. The summed E-state index contributed by atoms with van der Waals surface area (Å²) >= 11 is 0. The first-order valence-electron chi connectivity index (χ1n) is 16.1. The third-order valence-electron chi connectivity index (χ3n) is 9.40. The number of carbonyl (C=O) groups is 4. The smallest absolute Gasteiger partial charge is 0.493 e. The largest absolute Gasteiger partial charge is 0.509 e. The summed E-state index contributed by atoms with van der Waals surface area (Å²) in [5.74, 6) is -1.71. The van der Waals surface area contributed by atoms with Crippen molar-refractivity contribution in [3.63, 3.8) is 0 Å². The highest BCUT2D eigenvalue weighted by Crippen LogP contribution is 2.65. The molecule has 1 N–H and O–H groups in total. The molecular formula is C34H45NO12. The van der Waals surface area contributed by atoms with Crippen LogP contribution in [0.4, 0.5) is 4.79 Å². The molecule has 4 aliphatic rings. The van der Waals surface area contributed by atoms with Gasteiger partial charge in [-0.25, -0.2) is 14.4 Å². The highest BCUT2D eigenvalue weighted by Gasteiger charge is 2.72. The Bertz CT molecular complexity index is 1450. The molecule has 1 aromatic carbocycles. The quantitative estimate of drug-likeness (QED) is 0.209. The molecule has 47 heavy (non-hydrogen) atoms. The minimum Gasteiger partial charge on any atom is -0.493 e. The zero-order chi connectivity index (χ0) is 34.3. The third kappa shape index (κ3) is 6.27. The molecule has 0 unspecified atom stereocenters. The van der Waals surface area contributed by atoms with E-state index in [1.165, 1.54) is 14.0 Å². The molecule has 2 bridgehead atoms. The van der Waals surface area contributed by atoms with E-state index in [9.17, 15) is 24.3 Å². The number of rotatable bonds is 11. The van der Waals surface area contributed by atoms with Gasteiger partial charge >= 0.3 is 24.1 Å². The van der Waals surface area contributed by atoms with E-state index in [1.807, 2.05) is 26.1 Å². The van der Waals surface area contributed by atoms with E-state index in [-0.39, 0.29) is 24.8 Å². The molecule has 13 heteroatoms. The summed E-state index contributed by atoms with van der Waals surface area (Å²) in [4.78, 5) is 53.7. The number of nitrogens with zero attached hydrogens (tertiary/aromatic N) is 1. The van der Waals surface area contributed by atoms with Gasteiger partial charge < -0.3 is 43.2 Å². The molecular weight excluding hydrogens is 614 g/mol. The Morgan fingerprint density at radius 2 is 1.89 bits per heavy atom. The maximum absolute atomic E-state index is 13.7. The lowest BCUT2D eigenvalue weighted by Gasteiger charge is -2.61. The summed E-state index contributed by atoms with van der Waals surface area (Å²) in [6.07, 6.45) is -1.53. The molecule has 1 aromatic rings. The Hall–Kier alpha value is -3.84.